The van der Waals surface area contributed by atoms with Gasteiger partial charge in [-0.3, -0.25) is 0 Å². The number of hydrogen-bond acceptors (Lipinski definition) is 2. The molecule has 0 amide bonds. The average molecular weight is 239 g/mol. The van der Waals surface area contributed by atoms with Gasteiger partial charge in [-0.25, -0.2) is 0 Å². The van der Waals surface area contributed by atoms with Crippen LogP contribution in [0.25, 0.3) is 0 Å². The molecule has 2 aromatic rings. The van der Waals surface area contributed by atoms with Gasteiger partial charge < -0.3 is 0 Å². The van der Waals surface area contributed by atoms with Crippen LogP contribution in [0.15, 0.2) is 40.2 Å². The number of benzene rings is 1. The molecule has 0 aliphatic rings. The summed E-state index contributed by atoms with van der Waals surface area (Å²) in [5.74, 6) is 1.91. The number of ether oxygens (including phenoxy) is 1. The minimum absolute atomic E-state index is 0.257. The van der Waals surface area contributed by atoms with Gasteiger partial charge in [-0.15, -0.1) is 0 Å². The zero-order valence-electron chi connectivity index (χ0n) is 6.81. The fraction of sp³-hybridized carbons (Fsp3) is 0. The zero-order chi connectivity index (χ0) is 9.10. The normalized spacial score (nSPS) is 9.85. The second-order valence-corrected chi connectivity index (χ2v) is 4.19. The van der Waals surface area contributed by atoms with Gasteiger partial charge in [0, 0.05) is 0 Å². The molecule has 1 heterocycles. The van der Waals surface area contributed by atoms with E-state index in [-0.39, 0.29) is 5.75 Å². The Hall–Kier alpha value is -1.18. The van der Waals surface area contributed by atoms with Crippen molar-refractivity contribution in [1.82, 2.24) is 0 Å². The Bertz CT molecular complexity index is 364. The molecule has 2 rings (SSSR count). The monoisotopic (exact) mass is 240 g/mol. The van der Waals surface area contributed by atoms with Crippen LogP contribution in [-0.4, -0.2) is 19.6 Å². The molecule has 3 heteroatoms. The number of aromatic hydroxyl groups is 1. The zero-order valence-corrected chi connectivity index (χ0v) is 8.52. The summed E-state index contributed by atoms with van der Waals surface area (Å²) in [6.45, 7) is 0. The van der Waals surface area contributed by atoms with Crippen LogP contribution < -0.4 is 4.74 Å². The molecule has 13 heavy (non-hydrogen) atoms. The molecule has 0 radical (unpaired) electrons. The van der Waals surface area contributed by atoms with Crippen molar-refractivity contribution < 1.29 is 9.84 Å². The molecular weight excluding hydrogens is 231 g/mol. The van der Waals surface area contributed by atoms with Crippen LogP contribution >= 0.6 is 0 Å². The van der Waals surface area contributed by atoms with Crippen LogP contribution in [0.5, 0.6) is 17.2 Å². The first-order valence-corrected chi connectivity index (χ1v) is 5.81. The van der Waals surface area contributed by atoms with Gasteiger partial charge in [0.05, 0.1) is 0 Å². The minimum atomic E-state index is 0.257. The second-order valence-electron chi connectivity index (χ2n) is 2.56. The first-order chi connectivity index (χ1) is 6.34. The topological polar surface area (TPSA) is 29.5 Å². The third-order valence-corrected chi connectivity index (χ3v) is 2.96. The fourth-order valence-corrected chi connectivity index (χ4v) is 2.12. The molecule has 1 N–H and O–H groups in total. The van der Waals surface area contributed by atoms with E-state index in [1.807, 2.05) is 6.07 Å². The van der Waals surface area contributed by atoms with Crippen LogP contribution in [0, 0.1) is 0 Å². The Balaban J connectivity index is 2.15. The van der Waals surface area contributed by atoms with Crippen molar-refractivity contribution in [2.24, 2.45) is 0 Å². The summed E-state index contributed by atoms with van der Waals surface area (Å²) < 4.78 is 5.51. The van der Waals surface area contributed by atoms with Crippen molar-refractivity contribution in [3.05, 3.63) is 40.2 Å². The van der Waals surface area contributed by atoms with Crippen LogP contribution in [0.2, 0.25) is 0 Å². The van der Waals surface area contributed by atoms with Crippen LogP contribution in [-0.2, 0) is 0 Å². The SMILES string of the molecule is Oc1ccc(Oc2cc[se]c2)cc1. The molecule has 0 saturated carbocycles. The Morgan fingerprint density at radius 2 is 1.77 bits per heavy atom. The van der Waals surface area contributed by atoms with E-state index in [9.17, 15) is 0 Å². The average Bonchev–Trinajstić information content (AvgIpc) is 2.62. The Labute approximate surface area is 82.2 Å². The van der Waals surface area contributed by atoms with E-state index in [0.717, 1.165) is 11.5 Å². The van der Waals surface area contributed by atoms with Gasteiger partial charge in [0.1, 0.15) is 0 Å². The molecule has 0 saturated heterocycles. The van der Waals surface area contributed by atoms with Crippen molar-refractivity contribution in [2.45, 2.75) is 0 Å². The summed E-state index contributed by atoms with van der Waals surface area (Å²) in [5.41, 5.74) is 0. The first kappa shape index (κ1) is 8.42. The third-order valence-electron chi connectivity index (χ3n) is 1.57. The predicted octanol–water partition coefficient (Wildman–Crippen LogP) is 2.24. The molecule has 0 bridgehead atoms. The van der Waals surface area contributed by atoms with Crippen LogP contribution in [0.1, 0.15) is 0 Å². The first-order valence-electron chi connectivity index (χ1n) is 3.84. The molecule has 2 nitrogen and oxygen atoms in total. The molecule has 0 aliphatic heterocycles. The Kier molecular flexibility index (Phi) is 2.39. The molecule has 1 aromatic carbocycles. The molecule has 0 fully saturated rings. The molecule has 0 spiro atoms. The number of phenolic OH excluding ortho intramolecular Hbond substituents is 1. The van der Waals surface area contributed by atoms with Gasteiger partial charge >= 0.3 is 81.8 Å². The van der Waals surface area contributed by atoms with E-state index in [0.29, 0.717) is 14.5 Å². The third kappa shape index (κ3) is 2.14. The standard InChI is InChI=1S/C10H8O2Se/c11-8-1-3-9(4-2-8)12-10-5-6-13-7-10/h1-7,11H. The Morgan fingerprint density at radius 3 is 2.38 bits per heavy atom. The maximum absolute atomic E-state index is 9.04. The van der Waals surface area contributed by atoms with E-state index in [1.165, 1.54) is 0 Å². The summed E-state index contributed by atoms with van der Waals surface area (Å²) in [6.07, 6.45) is 0. The van der Waals surface area contributed by atoms with Crippen molar-refractivity contribution in [3.63, 3.8) is 0 Å². The van der Waals surface area contributed by atoms with E-state index in [2.05, 4.69) is 9.88 Å². The van der Waals surface area contributed by atoms with Gasteiger partial charge in [-0.1, -0.05) is 0 Å². The van der Waals surface area contributed by atoms with Gasteiger partial charge in [0.2, 0.25) is 0 Å². The van der Waals surface area contributed by atoms with Crippen molar-refractivity contribution in [1.29, 1.82) is 0 Å². The molecular formula is C10H8O2Se. The molecule has 1 aromatic heterocycles. The van der Waals surface area contributed by atoms with Gasteiger partial charge in [-0.2, -0.15) is 0 Å². The van der Waals surface area contributed by atoms with Gasteiger partial charge in [0.15, 0.2) is 0 Å². The molecule has 0 aliphatic carbocycles. The van der Waals surface area contributed by atoms with E-state index >= 15 is 0 Å². The van der Waals surface area contributed by atoms with Gasteiger partial charge in [0.25, 0.3) is 0 Å². The number of hydrogen-bond donors (Lipinski definition) is 1. The summed E-state index contributed by atoms with van der Waals surface area (Å²) in [4.78, 5) is 4.17. The fourth-order valence-electron chi connectivity index (χ4n) is 0.960. The molecule has 66 valence electrons. The number of phenols is 1. The van der Waals surface area contributed by atoms with Crippen LogP contribution in [0.4, 0.5) is 0 Å². The van der Waals surface area contributed by atoms with Crippen LogP contribution in [0.3, 0.4) is 0 Å². The van der Waals surface area contributed by atoms with Crippen molar-refractivity contribution in [2.75, 3.05) is 0 Å². The van der Waals surface area contributed by atoms with Crippen molar-refractivity contribution >= 4 is 14.5 Å². The van der Waals surface area contributed by atoms with Crippen molar-refractivity contribution in [3.8, 4) is 17.2 Å². The summed E-state index contributed by atoms with van der Waals surface area (Å²) in [5, 5.41) is 9.04. The second kappa shape index (κ2) is 3.69. The summed E-state index contributed by atoms with van der Waals surface area (Å²) >= 11 is 0.451. The van der Waals surface area contributed by atoms with E-state index in [1.54, 1.807) is 24.3 Å². The Morgan fingerprint density at radius 1 is 1.00 bits per heavy atom. The van der Waals surface area contributed by atoms with E-state index in [4.69, 9.17) is 9.84 Å². The maximum atomic E-state index is 9.04. The quantitative estimate of drug-likeness (QED) is 0.814. The summed E-state index contributed by atoms with van der Waals surface area (Å²) in [6, 6.07) is 8.68. The molecule has 0 unspecified atom stereocenters. The van der Waals surface area contributed by atoms with E-state index < -0.39 is 0 Å². The van der Waals surface area contributed by atoms with Gasteiger partial charge in [-0.05, 0) is 0 Å². The molecule has 0 atom stereocenters. The summed E-state index contributed by atoms with van der Waals surface area (Å²) in [7, 11) is 0. The number of rotatable bonds is 2. The predicted molar refractivity (Wildman–Crippen MR) is 51.6 cm³/mol.